The van der Waals surface area contributed by atoms with Crippen molar-refractivity contribution in [3.63, 3.8) is 0 Å². The molecule has 0 spiro atoms. The van der Waals surface area contributed by atoms with Gasteiger partial charge in [-0.25, -0.2) is 8.42 Å². The molecule has 0 aliphatic heterocycles. The highest BCUT2D eigenvalue weighted by molar-refractivity contribution is 7.92. The van der Waals surface area contributed by atoms with Gasteiger partial charge in [-0.3, -0.25) is 13.9 Å². The summed E-state index contributed by atoms with van der Waals surface area (Å²) in [5, 5.41) is 3.02. The first kappa shape index (κ1) is 29.0. The molecule has 0 aromatic heterocycles. The van der Waals surface area contributed by atoms with E-state index < -0.39 is 28.5 Å². The lowest BCUT2D eigenvalue weighted by Gasteiger charge is -2.32. The van der Waals surface area contributed by atoms with E-state index in [9.17, 15) is 18.0 Å². The first-order valence-corrected chi connectivity index (χ1v) is 14.0. The van der Waals surface area contributed by atoms with Crippen LogP contribution in [0.1, 0.15) is 19.4 Å². The van der Waals surface area contributed by atoms with E-state index in [-0.39, 0.29) is 33.8 Å². The number of benzene rings is 3. The molecule has 1 N–H and O–H groups in total. The molecule has 202 valence electrons. The Morgan fingerprint density at radius 1 is 1.00 bits per heavy atom. The van der Waals surface area contributed by atoms with Gasteiger partial charge in [0.25, 0.3) is 10.0 Å². The molecule has 0 heterocycles. The summed E-state index contributed by atoms with van der Waals surface area (Å²) < 4.78 is 34.1. The molecule has 8 nitrogen and oxygen atoms in total. The van der Waals surface area contributed by atoms with Crippen molar-refractivity contribution in [3.8, 4) is 5.75 Å². The minimum absolute atomic E-state index is 0.00226. The van der Waals surface area contributed by atoms with E-state index in [4.69, 9.17) is 16.3 Å². The average Bonchev–Trinajstić information content (AvgIpc) is 2.92. The Labute approximate surface area is 229 Å². The Balaban J connectivity index is 2.03. The Morgan fingerprint density at radius 2 is 1.63 bits per heavy atom. The molecule has 10 heteroatoms. The summed E-state index contributed by atoms with van der Waals surface area (Å²) in [7, 11) is -2.80. The van der Waals surface area contributed by atoms with E-state index in [1.54, 1.807) is 44.2 Å². The summed E-state index contributed by atoms with van der Waals surface area (Å²) in [6.07, 6.45) is 0.488. The maximum atomic E-state index is 13.8. The van der Waals surface area contributed by atoms with Crippen molar-refractivity contribution in [1.82, 2.24) is 10.2 Å². The van der Waals surface area contributed by atoms with Crippen LogP contribution < -0.4 is 14.4 Å². The van der Waals surface area contributed by atoms with Gasteiger partial charge in [-0.1, -0.05) is 60.1 Å². The number of amides is 2. The number of methoxy groups -OCH3 is 1. The number of anilines is 1. The summed E-state index contributed by atoms with van der Waals surface area (Å²) in [5.41, 5.74) is 1.10. The molecule has 0 saturated heterocycles. The fourth-order valence-corrected chi connectivity index (χ4v) is 5.59. The van der Waals surface area contributed by atoms with Crippen LogP contribution in [-0.2, 0) is 26.0 Å². The standard InChI is InChI=1S/C28H32ClN3O5S/c1-4-30-28(34)21(2)31(18-17-22-11-7-5-8-12-22)27(33)20-32(25-19-23(29)15-16-26(25)37-3)38(35,36)24-13-9-6-10-14-24/h5-16,19,21H,4,17-18,20H2,1-3H3,(H,30,34). The van der Waals surface area contributed by atoms with Crippen LogP contribution in [0.3, 0.4) is 0 Å². The van der Waals surface area contributed by atoms with E-state index in [0.717, 1.165) is 9.87 Å². The zero-order chi connectivity index (χ0) is 27.7. The van der Waals surface area contributed by atoms with Crippen LogP contribution >= 0.6 is 11.6 Å². The number of sulfonamides is 1. The van der Waals surface area contributed by atoms with Crippen LogP contribution in [0, 0.1) is 0 Å². The maximum Gasteiger partial charge on any atom is 0.264 e. The van der Waals surface area contributed by atoms with Gasteiger partial charge in [-0.05, 0) is 56.2 Å². The lowest BCUT2D eigenvalue weighted by Crippen LogP contribution is -2.52. The number of carbonyl (C=O) groups excluding carboxylic acids is 2. The number of halogens is 1. The van der Waals surface area contributed by atoms with Crippen molar-refractivity contribution in [2.75, 3.05) is 31.0 Å². The molecule has 3 aromatic rings. The van der Waals surface area contributed by atoms with Gasteiger partial charge in [0, 0.05) is 18.1 Å². The smallest absolute Gasteiger partial charge is 0.264 e. The van der Waals surface area contributed by atoms with Gasteiger partial charge >= 0.3 is 0 Å². The molecule has 0 fully saturated rings. The van der Waals surface area contributed by atoms with Gasteiger partial charge in [-0.15, -0.1) is 0 Å². The highest BCUT2D eigenvalue weighted by atomic mass is 35.5. The van der Waals surface area contributed by atoms with Crippen molar-refractivity contribution < 1.29 is 22.7 Å². The van der Waals surface area contributed by atoms with Crippen LogP contribution in [0.4, 0.5) is 5.69 Å². The Morgan fingerprint density at radius 3 is 2.24 bits per heavy atom. The second-order valence-corrected chi connectivity index (χ2v) is 10.8. The number of hydrogen-bond acceptors (Lipinski definition) is 5. The largest absolute Gasteiger partial charge is 0.495 e. The van der Waals surface area contributed by atoms with E-state index in [1.165, 1.54) is 30.2 Å². The summed E-state index contributed by atoms with van der Waals surface area (Å²) in [6.45, 7) is 3.47. The molecular formula is C28H32ClN3O5S. The minimum atomic E-state index is -4.21. The molecule has 0 radical (unpaired) electrons. The van der Waals surface area contributed by atoms with Crippen LogP contribution in [0.5, 0.6) is 5.75 Å². The Hall–Kier alpha value is -3.56. The third-order valence-electron chi connectivity index (χ3n) is 6.02. The minimum Gasteiger partial charge on any atom is -0.495 e. The number of ether oxygens (including phenoxy) is 1. The van der Waals surface area contributed by atoms with Crippen molar-refractivity contribution in [3.05, 3.63) is 89.4 Å². The SMILES string of the molecule is CCNC(=O)C(C)N(CCc1ccccc1)C(=O)CN(c1cc(Cl)ccc1OC)S(=O)(=O)c1ccccc1. The van der Waals surface area contributed by atoms with Gasteiger partial charge < -0.3 is 15.0 Å². The number of nitrogens with zero attached hydrogens (tertiary/aromatic N) is 2. The molecule has 0 aliphatic rings. The second-order valence-electron chi connectivity index (χ2n) is 8.53. The van der Waals surface area contributed by atoms with Crippen molar-refractivity contribution in [2.45, 2.75) is 31.2 Å². The van der Waals surface area contributed by atoms with Gasteiger partial charge in [0.2, 0.25) is 11.8 Å². The van der Waals surface area contributed by atoms with E-state index in [0.29, 0.717) is 13.0 Å². The molecule has 2 amide bonds. The quantitative estimate of drug-likeness (QED) is 0.361. The summed E-state index contributed by atoms with van der Waals surface area (Å²) in [5.74, 6) is -0.637. The number of hydrogen-bond donors (Lipinski definition) is 1. The normalized spacial score (nSPS) is 11.9. The molecule has 1 unspecified atom stereocenters. The third kappa shape index (κ3) is 7.05. The predicted octanol–water partition coefficient (Wildman–Crippen LogP) is 4.14. The van der Waals surface area contributed by atoms with E-state index >= 15 is 0 Å². The summed E-state index contributed by atoms with van der Waals surface area (Å²) in [6, 6.07) is 21.1. The number of likely N-dealkylation sites (N-methyl/N-ethyl adjacent to an activating group) is 1. The fraction of sp³-hybridized carbons (Fsp3) is 0.286. The van der Waals surface area contributed by atoms with Crippen molar-refractivity contribution in [1.29, 1.82) is 0 Å². The third-order valence-corrected chi connectivity index (χ3v) is 8.03. The number of nitrogens with one attached hydrogen (secondary N) is 1. The Kier molecular flexibility index (Phi) is 10.2. The lowest BCUT2D eigenvalue weighted by molar-refractivity contribution is -0.138. The fourth-order valence-electron chi connectivity index (χ4n) is 3.98. The second kappa shape index (κ2) is 13.3. The van der Waals surface area contributed by atoms with E-state index in [1.807, 2.05) is 30.3 Å². The van der Waals surface area contributed by atoms with Gasteiger partial charge in [-0.2, -0.15) is 0 Å². The average molecular weight is 558 g/mol. The first-order chi connectivity index (χ1) is 18.2. The zero-order valence-corrected chi connectivity index (χ0v) is 23.2. The monoisotopic (exact) mass is 557 g/mol. The van der Waals surface area contributed by atoms with E-state index in [2.05, 4.69) is 5.32 Å². The van der Waals surface area contributed by atoms with Crippen LogP contribution in [0.15, 0.2) is 83.8 Å². The number of carbonyl (C=O) groups is 2. The molecular weight excluding hydrogens is 526 g/mol. The highest BCUT2D eigenvalue weighted by Crippen LogP contribution is 2.35. The van der Waals surface area contributed by atoms with Gasteiger partial charge in [0.1, 0.15) is 18.3 Å². The van der Waals surface area contributed by atoms with Crippen molar-refractivity contribution >= 4 is 39.1 Å². The van der Waals surface area contributed by atoms with Crippen molar-refractivity contribution in [2.24, 2.45) is 0 Å². The van der Waals surface area contributed by atoms with Crippen LogP contribution in [0.25, 0.3) is 0 Å². The number of rotatable bonds is 12. The van der Waals surface area contributed by atoms with Gasteiger partial charge in [0.15, 0.2) is 0 Å². The van der Waals surface area contributed by atoms with Crippen LogP contribution in [-0.4, -0.2) is 57.9 Å². The molecule has 38 heavy (non-hydrogen) atoms. The predicted molar refractivity (Wildman–Crippen MR) is 149 cm³/mol. The molecule has 1 atom stereocenters. The van der Waals surface area contributed by atoms with Crippen LogP contribution in [0.2, 0.25) is 5.02 Å². The highest BCUT2D eigenvalue weighted by Gasteiger charge is 2.33. The lowest BCUT2D eigenvalue weighted by atomic mass is 10.1. The molecule has 3 aromatic carbocycles. The first-order valence-electron chi connectivity index (χ1n) is 12.2. The molecule has 0 aliphatic carbocycles. The molecule has 0 bridgehead atoms. The van der Waals surface area contributed by atoms with Gasteiger partial charge in [0.05, 0.1) is 17.7 Å². The Bertz CT molecular complexity index is 1340. The zero-order valence-electron chi connectivity index (χ0n) is 21.6. The summed E-state index contributed by atoms with van der Waals surface area (Å²) >= 11 is 6.23. The molecule has 3 rings (SSSR count). The molecule has 0 saturated carbocycles. The topological polar surface area (TPSA) is 96.0 Å². The maximum absolute atomic E-state index is 13.8. The summed E-state index contributed by atoms with van der Waals surface area (Å²) in [4.78, 5) is 28.0.